The number of oxazole rings is 1. The van der Waals surface area contributed by atoms with Gasteiger partial charge in [0.15, 0.2) is 0 Å². The smallest absolute Gasteiger partial charge is 0.256 e. The lowest BCUT2D eigenvalue weighted by atomic mass is 10.1. The van der Waals surface area contributed by atoms with E-state index < -0.39 is 0 Å². The summed E-state index contributed by atoms with van der Waals surface area (Å²) in [5, 5.41) is 9.64. The molecule has 0 fully saturated rings. The van der Waals surface area contributed by atoms with E-state index in [1.807, 2.05) is 19.1 Å². The molecule has 0 N–H and O–H groups in total. The van der Waals surface area contributed by atoms with E-state index >= 15 is 0 Å². The zero-order chi connectivity index (χ0) is 13.0. The summed E-state index contributed by atoms with van der Waals surface area (Å²) in [6, 6.07) is 7.67. The van der Waals surface area contributed by atoms with Gasteiger partial charge in [0.2, 0.25) is 0 Å². The van der Waals surface area contributed by atoms with E-state index in [0.717, 1.165) is 11.3 Å². The third-order valence-electron chi connectivity index (χ3n) is 2.34. The third kappa shape index (κ3) is 2.84. The van der Waals surface area contributed by atoms with Crippen molar-refractivity contribution in [2.24, 2.45) is 0 Å². The fourth-order valence-electron chi connectivity index (χ4n) is 1.48. The van der Waals surface area contributed by atoms with Crippen molar-refractivity contribution in [3.05, 3.63) is 41.3 Å². The zero-order valence-corrected chi connectivity index (χ0v) is 11.0. The van der Waals surface area contributed by atoms with E-state index in [1.54, 1.807) is 19.4 Å². The molecule has 1 heterocycles. The van der Waals surface area contributed by atoms with Crippen LogP contribution in [-0.4, -0.2) is 12.1 Å². The maximum Gasteiger partial charge on any atom is 0.256 e. The standard InChI is InChI=1S/C13H12N2O2S/c1-9-7-17-13(15-9)18-8-10-3-4-12(16-2)11(5-10)6-14/h3-5,7H,8H2,1-2H3. The van der Waals surface area contributed by atoms with Crippen molar-refractivity contribution in [3.63, 3.8) is 0 Å². The number of methoxy groups -OCH3 is 1. The van der Waals surface area contributed by atoms with Crippen molar-refractivity contribution in [1.29, 1.82) is 5.26 Å². The molecular weight excluding hydrogens is 248 g/mol. The van der Waals surface area contributed by atoms with E-state index in [0.29, 0.717) is 22.3 Å². The molecule has 1 aromatic heterocycles. The Morgan fingerprint density at radius 2 is 2.33 bits per heavy atom. The lowest BCUT2D eigenvalue weighted by Crippen LogP contribution is -1.90. The second-order valence-electron chi connectivity index (χ2n) is 3.69. The minimum atomic E-state index is 0.541. The molecular formula is C13H12N2O2S. The summed E-state index contributed by atoms with van der Waals surface area (Å²) < 4.78 is 10.3. The first-order chi connectivity index (χ1) is 8.72. The molecule has 0 atom stereocenters. The molecule has 2 aromatic rings. The first kappa shape index (κ1) is 12.5. The van der Waals surface area contributed by atoms with Crippen LogP contribution in [0.1, 0.15) is 16.8 Å². The highest BCUT2D eigenvalue weighted by atomic mass is 32.2. The predicted octanol–water partition coefficient (Wildman–Crippen LogP) is 3.16. The minimum absolute atomic E-state index is 0.541. The highest BCUT2D eigenvalue weighted by molar-refractivity contribution is 7.98. The number of hydrogen-bond acceptors (Lipinski definition) is 5. The Balaban J connectivity index is 2.08. The summed E-state index contributed by atoms with van der Waals surface area (Å²) in [6.07, 6.45) is 1.62. The van der Waals surface area contributed by atoms with Crippen LogP contribution in [0.2, 0.25) is 0 Å². The molecule has 2 rings (SSSR count). The molecule has 0 saturated carbocycles. The van der Waals surface area contributed by atoms with Gasteiger partial charge in [0, 0.05) is 5.75 Å². The van der Waals surface area contributed by atoms with Gasteiger partial charge in [0.1, 0.15) is 18.1 Å². The highest BCUT2D eigenvalue weighted by Crippen LogP contribution is 2.25. The van der Waals surface area contributed by atoms with Crippen LogP contribution >= 0.6 is 11.8 Å². The SMILES string of the molecule is COc1ccc(CSc2nc(C)co2)cc1C#N. The molecule has 0 spiro atoms. The van der Waals surface area contributed by atoms with E-state index in [-0.39, 0.29) is 0 Å². The Morgan fingerprint density at radius 3 is 2.94 bits per heavy atom. The van der Waals surface area contributed by atoms with Gasteiger partial charge in [-0.3, -0.25) is 0 Å². The summed E-state index contributed by atoms with van der Waals surface area (Å²) in [4.78, 5) is 4.21. The molecule has 0 unspecified atom stereocenters. The molecule has 92 valence electrons. The van der Waals surface area contributed by atoms with E-state index in [2.05, 4.69) is 11.1 Å². The third-order valence-corrected chi connectivity index (χ3v) is 3.26. The van der Waals surface area contributed by atoms with Gasteiger partial charge in [-0.15, -0.1) is 0 Å². The van der Waals surface area contributed by atoms with Gasteiger partial charge in [-0.2, -0.15) is 5.26 Å². The second-order valence-corrected chi connectivity index (χ2v) is 4.62. The monoisotopic (exact) mass is 260 g/mol. The lowest BCUT2D eigenvalue weighted by Gasteiger charge is -2.04. The van der Waals surface area contributed by atoms with Crippen LogP contribution < -0.4 is 4.74 Å². The molecule has 0 aliphatic rings. The van der Waals surface area contributed by atoms with Gasteiger partial charge in [-0.05, 0) is 24.6 Å². The molecule has 0 amide bonds. The summed E-state index contributed by atoms with van der Waals surface area (Å²) in [7, 11) is 1.56. The first-order valence-corrected chi connectivity index (χ1v) is 6.33. The molecule has 18 heavy (non-hydrogen) atoms. The summed E-state index contributed by atoms with van der Waals surface area (Å²) in [6.45, 7) is 1.88. The summed E-state index contributed by atoms with van der Waals surface area (Å²) in [5.41, 5.74) is 2.44. The number of aryl methyl sites for hydroxylation is 1. The van der Waals surface area contributed by atoms with Gasteiger partial charge in [-0.1, -0.05) is 17.8 Å². The van der Waals surface area contributed by atoms with Crippen LogP contribution in [0, 0.1) is 18.3 Å². The molecule has 0 bridgehead atoms. The number of nitrogens with zero attached hydrogens (tertiary/aromatic N) is 2. The number of nitriles is 1. The number of aromatic nitrogens is 1. The van der Waals surface area contributed by atoms with Crippen LogP contribution in [0.15, 0.2) is 34.1 Å². The lowest BCUT2D eigenvalue weighted by molar-refractivity contribution is 0.413. The van der Waals surface area contributed by atoms with Gasteiger partial charge < -0.3 is 9.15 Å². The number of benzene rings is 1. The van der Waals surface area contributed by atoms with Gasteiger partial charge in [0.05, 0.1) is 18.4 Å². The van der Waals surface area contributed by atoms with Crippen molar-refractivity contribution in [3.8, 4) is 11.8 Å². The average molecular weight is 260 g/mol. The minimum Gasteiger partial charge on any atom is -0.495 e. The fraction of sp³-hybridized carbons (Fsp3) is 0.231. The quantitative estimate of drug-likeness (QED) is 0.790. The number of hydrogen-bond donors (Lipinski definition) is 0. The molecule has 1 aromatic carbocycles. The Bertz CT molecular complexity index is 587. The van der Waals surface area contributed by atoms with E-state index in [1.165, 1.54) is 11.8 Å². The van der Waals surface area contributed by atoms with Gasteiger partial charge >= 0.3 is 0 Å². The van der Waals surface area contributed by atoms with Crippen molar-refractivity contribution in [1.82, 2.24) is 4.98 Å². The average Bonchev–Trinajstić information content (AvgIpc) is 2.81. The molecule has 4 nitrogen and oxygen atoms in total. The molecule has 0 aliphatic carbocycles. The van der Waals surface area contributed by atoms with Gasteiger partial charge in [0.25, 0.3) is 5.22 Å². The zero-order valence-electron chi connectivity index (χ0n) is 10.1. The van der Waals surface area contributed by atoms with Crippen LogP contribution in [0.3, 0.4) is 0 Å². The Hall–Kier alpha value is -1.93. The maximum atomic E-state index is 8.99. The van der Waals surface area contributed by atoms with Crippen LogP contribution in [0.5, 0.6) is 5.75 Å². The predicted molar refractivity (Wildman–Crippen MR) is 68.5 cm³/mol. The van der Waals surface area contributed by atoms with E-state index in [4.69, 9.17) is 14.4 Å². The second kappa shape index (κ2) is 5.61. The van der Waals surface area contributed by atoms with Crippen molar-refractivity contribution in [2.45, 2.75) is 17.9 Å². The number of thioether (sulfide) groups is 1. The largest absolute Gasteiger partial charge is 0.495 e. The highest BCUT2D eigenvalue weighted by Gasteiger charge is 2.06. The normalized spacial score (nSPS) is 10.1. The Morgan fingerprint density at radius 1 is 1.50 bits per heavy atom. The topological polar surface area (TPSA) is 59.1 Å². The summed E-state index contributed by atoms with van der Waals surface area (Å²) >= 11 is 1.50. The van der Waals surface area contributed by atoms with Crippen LogP contribution in [0.25, 0.3) is 0 Å². The molecule has 0 radical (unpaired) electrons. The number of ether oxygens (including phenoxy) is 1. The Labute approximate surface area is 110 Å². The van der Waals surface area contributed by atoms with Crippen molar-refractivity contribution >= 4 is 11.8 Å². The van der Waals surface area contributed by atoms with Crippen LogP contribution in [0.4, 0.5) is 0 Å². The van der Waals surface area contributed by atoms with Crippen molar-refractivity contribution < 1.29 is 9.15 Å². The summed E-state index contributed by atoms with van der Waals surface area (Å²) in [5.74, 6) is 1.30. The van der Waals surface area contributed by atoms with E-state index in [9.17, 15) is 0 Å². The van der Waals surface area contributed by atoms with Crippen molar-refractivity contribution in [2.75, 3.05) is 7.11 Å². The molecule has 5 heteroatoms. The maximum absolute atomic E-state index is 8.99. The molecule has 0 saturated heterocycles. The fourth-order valence-corrected chi connectivity index (χ4v) is 2.27. The first-order valence-electron chi connectivity index (χ1n) is 5.35. The van der Waals surface area contributed by atoms with Crippen LogP contribution in [-0.2, 0) is 5.75 Å². The van der Waals surface area contributed by atoms with Gasteiger partial charge in [-0.25, -0.2) is 4.98 Å². The number of rotatable bonds is 4. The molecule has 0 aliphatic heterocycles. The Kier molecular flexibility index (Phi) is 3.90.